The summed E-state index contributed by atoms with van der Waals surface area (Å²) in [5.41, 5.74) is 1.06. The summed E-state index contributed by atoms with van der Waals surface area (Å²) in [5.74, 6) is 1.66. The molecule has 4 N–H and O–H groups in total. The van der Waals surface area contributed by atoms with Crippen LogP contribution in [0.2, 0.25) is 0 Å². The van der Waals surface area contributed by atoms with Gasteiger partial charge in [0.1, 0.15) is 5.78 Å². The number of hydrogen-bond acceptors (Lipinski definition) is 5. The Balaban J connectivity index is 0.000000248. The highest BCUT2D eigenvalue weighted by molar-refractivity contribution is 5.96. The molecule has 4 saturated heterocycles. The monoisotopic (exact) mass is 520 g/mol. The maximum absolute atomic E-state index is 11.3. The van der Waals surface area contributed by atoms with Crippen LogP contribution in [0.15, 0.2) is 12.2 Å². The van der Waals surface area contributed by atoms with E-state index >= 15 is 0 Å². The van der Waals surface area contributed by atoms with Gasteiger partial charge in [-0.3, -0.25) is 14.4 Å². The van der Waals surface area contributed by atoms with Gasteiger partial charge in [0.15, 0.2) is 0 Å². The van der Waals surface area contributed by atoms with Crippen molar-refractivity contribution in [2.75, 3.05) is 6.54 Å². The third-order valence-corrected chi connectivity index (χ3v) is 6.90. The molecule has 4 aliphatic rings. The minimum absolute atomic E-state index is 0.000000000000000222. The Hall–Kier alpha value is -1.73. The predicted molar refractivity (Wildman–Crippen MR) is 153 cm³/mol. The van der Waals surface area contributed by atoms with E-state index in [0.29, 0.717) is 29.7 Å². The van der Waals surface area contributed by atoms with E-state index in [4.69, 9.17) is 0 Å². The summed E-state index contributed by atoms with van der Waals surface area (Å²) in [7, 11) is 0. The Labute approximate surface area is 226 Å². The largest absolute Gasteiger partial charge is 0.351 e. The van der Waals surface area contributed by atoms with Crippen LogP contribution in [0.4, 0.5) is 0 Å². The second kappa shape index (κ2) is 12.0. The van der Waals surface area contributed by atoms with Crippen LogP contribution in [-0.4, -0.2) is 51.8 Å². The fourth-order valence-electron chi connectivity index (χ4n) is 5.94. The molecule has 0 aromatic carbocycles. The van der Waals surface area contributed by atoms with Gasteiger partial charge in [-0.2, -0.15) is 0 Å². The number of Topliss-reactive ketones (excluding diaryl/α,β-unsaturated/α-hetero) is 1. The Bertz CT molecular complexity index is 819. The fourth-order valence-corrected chi connectivity index (χ4v) is 5.94. The molecule has 0 unspecified atom stereocenters. The van der Waals surface area contributed by atoms with E-state index < -0.39 is 0 Å². The van der Waals surface area contributed by atoms with Gasteiger partial charge >= 0.3 is 0 Å². The zero-order chi connectivity index (χ0) is 29.0. The van der Waals surface area contributed by atoms with E-state index in [0.717, 1.165) is 18.8 Å². The van der Waals surface area contributed by atoms with Crippen molar-refractivity contribution in [1.82, 2.24) is 21.3 Å². The first-order valence-electron chi connectivity index (χ1n) is 13.8. The van der Waals surface area contributed by atoms with Crippen molar-refractivity contribution in [3.8, 4) is 0 Å². The van der Waals surface area contributed by atoms with E-state index in [1.807, 2.05) is 20.8 Å². The molecule has 0 radical (unpaired) electrons. The predicted octanol–water partition coefficient (Wildman–Crippen LogP) is 4.65. The van der Waals surface area contributed by atoms with Crippen molar-refractivity contribution < 1.29 is 14.4 Å². The first-order valence-corrected chi connectivity index (χ1v) is 13.8. The molecule has 0 aliphatic carbocycles. The normalized spacial score (nSPS) is 29.9. The standard InChI is InChI=1S/C9H17NO.C7H13NO.C7H11NO.C7H15N/c1-8(2)5-7(11)6-9(3,4)10-8;2*1-5-4-7(2,3)8-6(5)9;1-6-4-7(2,3)8-5-6/h10H,5-6H2,1-4H3;5H,4H2,1-3H3,(H,8,9);1,4H2,2-3H3,(H,8,9);6,8H,4-5H2,1-3H3/t;5-;;6-/m.0.0/s1. The Morgan fingerprint density at radius 2 is 1.19 bits per heavy atom. The highest BCUT2D eigenvalue weighted by atomic mass is 16.2. The SMILES string of the molecule is C=C1CC(C)(C)NC1=O.CC1(C)CC(=O)CC(C)(C)N1.C[C@@H]1CNC(C)(C)C1.C[C@H]1CC(C)(C)NC1=O. The second-order valence-corrected chi connectivity index (χ2v) is 15.0. The number of piperidine rings is 1. The third kappa shape index (κ3) is 12.6. The van der Waals surface area contributed by atoms with Crippen molar-refractivity contribution in [3.63, 3.8) is 0 Å². The van der Waals surface area contributed by atoms with Crippen LogP contribution in [0.25, 0.3) is 0 Å². The topological polar surface area (TPSA) is 99.3 Å². The number of carbonyl (C=O) groups excluding carboxylic acids is 3. The summed E-state index contributed by atoms with van der Waals surface area (Å²) in [6.07, 6.45) is 4.39. The van der Waals surface area contributed by atoms with Crippen LogP contribution >= 0.6 is 0 Å². The highest BCUT2D eigenvalue weighted by Crippen LogP contribution is 2.26. The maximum Gasteiger partial charge on any atom is 0.247 e. The van der Waals surface area contributed by atoms with Crippen molar-refractivity contribution >= 4 is 17.6 Å². The lowest BCUT2D eigenvalue weighted by Crippen LogP contribution is -2.58. The smallest absolute Gasteiger partial charge is 0.247 e. The number of amides is 2. The molecular weight excluding hydrogens is 464 g/mol. The number of rotatable bonds is 0. The minimum atomic E-state index is -0.0613. The number of ketones is 1. The van der Waals surface area contributed by atoms with Gasteiger partial charge in [-0.25, -0.2) is 0 Å². The summed E-state index contributed by atoms with van der Waals surface area (Å²) < 4.78 is 0. The Kier molecular flexibility index (Phi) is 10.8. The molecule has 4 rings (SSSR count). The molecule has 2 atom stereocenters. The molecule has 0 spiro atoms. The molecule has 37 heavy (non-hydrogen) atoms. The van der Waals surface area contributed by atoms with Crippen LogP contribution in [0.1, 0.15) is 115 Å². The molecule has 7 nitrogen and oxygen atoms in total. The first-order chi connectivity index (χ1) is 16.4. The molecule has 4 aliphatic heterocycles. The zero-order valence-electron chi connectivity index (χ0n) is 25.8. The van der Waals surface area contributed by atoms with Gasteiger partial charge in [0.05, 0.1) is 0 Å². The molecule has 0 aromatic heterocycles. The van der Waals surface area contributed by atoms with E-state index in [1.54, 1.807) is 0 Å². The van der Waals surface area contributed by atoms with Crippen LogP contribution in [0, 0.1) is 11.8 Å². The van der Waals surface area contributed by atoms with Crippen LogP contribution < -0.4 is 21.3 Å². The highest BCUT2D eigenvalue weighted by Gasteiger charge is 2.36. The second-order valence-electron chi connectivity index (χ2n) is 15.0. The van der Waals surface area contributed by atoms with Crippen LogP contribution in [-0.2, 0) is 14.4 Å². The molecule has 4 fully saturated rings. The van der Waals surface area contributed by atoms with Crippen molar-refractivity contribution in [3.05, 3.63) is 12.2 Å². The van der Waals surface area contributed by atoms with Crippen LogP contribution in [0.3, 0.4) is 0 Å². The third-order valence-electron chi connectivity index (χ3n) is 6.90. The first kappa shape index (κ1) is 33.3. The molecule has 2 amide bonds. The van der Waals surface area contributed by atoms with Gasteiger partial charge in [-0.1, -0.05) is 20.4 Å². The van der Waals surface area contributed by atoms with Gasteiger partial charge in [-0.15, -0.1) is 0 Å². The summed E-state index contributed by atoms with van der Waals surface area (Å²) >= 11 is 0. The lowest BCUT2D eigenvalue weighted by molar-refractivity contribution is -0.124. The van der Waals surface area contributed by atoms with Gasteiger partial charge in [0, 0.05) is 52.0 Å². The quantitative estimate of drug-likeness (QED) is 0.349. The number of carbonyl (C=O) groups is 3. The number of hydrogen-bond donors (Lipinski definition) is 4. The van der Waals surface area contributed by atoms with Gasteiger partial charge in [0.2, 0.25) is 11.8 Å². The lowest BCUT2D eigenvalue weighted by atomic mass is 9.82. The summed E-state index contributed by atoms with van der Waals surface area (Å²) in [6.45, 7) is 30.0. The lowest BCUT2D eigenvalue weighted by Gasteiger charge is -2.41. The Morgan fingerprint density at radius 3 is 1.35 bits per heavy atom. The fraction of sp³-hybridized carbons (Fsp3) is 0.833. The van der Waals surface area contributed by atoms with Crippen molar-refractivity contribution in [2.45, 2.75) is 143 Å². The minimum Gasteiger partial charge on any atom is -0.351 e. The van der Waals surface area contributed by atoms with E-state index in [-0.39, 0.29) is 39.9 Å². The molecule has 214 valence electrons. The van der Waals surface area contributed by atoms with E-state index in [9.17, 15) is 14.4 Å². The van der Waals surface area contributed by atoms with Crippen molar-refractivity contribution in [1.29, 1.82) is 0 Å². The molecule has 0 aromatic rings. The van der Waals surface area contributed by atoms with Gasteiger partial charge in [0.25, 0.3) is 0 Å². The molecule has 4 heterocycles. The Morgan fingerprint density at radius 1 is 0.676 bits per heavy atom. The molecular formula is C30H56N4O3. The van der Waals surface area contributed by atoms with E-state index in [2.05, 4.69) is 90.2 Å². The summed E-state index contributed by atoms with van der Waals surface area (Å²) in [6, 6.07) is 0. The van der Waals surface area contributed by atoms with Crippen LogP contribution in [0.5, 0.6) is 0 Å². The van der Waals surface area contributed by atoms with Crippen molar-refractivity contribution in [2.24, 2.45) is 11.8 Å². The van der Waals surface area contributed by atoms with Gasteiger partial charge < -0.3 is 21.3 Å². The molecule has 7 heteroatoms. The summed E-state index contributed by atoms with van der Waals surface area (Å²) in [5, 5.41) is 12.6. The average molecular weight is 521 g/mol. The molecule has 0 saturated carbocycles. The molecule has 0 bridgehead atoms. The number of nitrogens with one attached hydrogen (secondary N) is 4. The zero-order valence-corrected chi connectivity index (χ0v) is 25.8. The average Bonchev–Trinajstić information content (AvgIpc) is 3.16. The maximum atomic E-state index is 11.3. The van der Waals surface area contributed by atoms with E-state index in [1.165, 1.54) is 13.0 Å². The van der Waals surface area contributed by atoms with Gasteiger partial charge in [-0.05, 0) is 101 Å². The summed E-state index contributed by atoms with van der Waals surface area (Å²) in [4.78, 5) is 32.9.